The number of rotatable bonds is 7. The fraction of sp³-hybridized carbons (Fsp3) is 0.444. The van der Waals surface area contributed by atoms with Crippen molar-refractivity contribution >= 4 is 39.9 Å². The van der Waals surface area contributed by atoms with Gasteiger partial charge < -0.3 is 20.1 Å². The van der Waals surface area contributed by atoms with Crippen LogP contribution in [0.4, 0.5) is 15.9 Å². The number of aromatic nitrogens is 2. The molecule has 1 aliphatic heterocycles. The molecule has 1 amide bonds. The zero-order valence-corrected chi connectivity index (χ0v) is 21.7. The zero-order valence-electron chi connectivity index (χ0n) is 21.0. The molecule has 0 unspecified atom stereocenters. The number of anilines is 2. The number of halogens is 2. The van der Waals surface area contributed by atoms with E-state index in [0.717, 1.165) is 12.8 Å². The quantitative estimate of drug-likeness (QED) is 0.443. The molecule has 0 radical (unpaired) electrons. The van der Waals surface area contributed by atoms with Crippen LogP contribution in [0.25, 0.3) is 10.9 Å². The van der Waals surface area contributed by atoms with Crippen LogP contribution in [0.15, 0.2) is 36.7 Å². The highest BCUT2D eigenvalue weighted by Crippen LogP contribution is 2.37. The van der Waals surface area contributed by atoms with E-state index in [-0.39, 0.29) is 34.8 Å². The van der Waals surface area contributed by atoms with Crippen molar-refractivity contribution in [2.75, 3.05) is 26.0 Å². The average molecular weight is 528 g/mol. The molecule has 1 aliphatic carbocycles. The third-order valence-electron chi connectivity index (χ3n) is 7.18. The lowest BCUT2D eigenvalue weighted by atomic mass is 9.95. The summed E-state index contributed by atoms with van der Waals surface area (Å²) in [4.78, 5) is 23.7. The highest BCUT2D eigenvalue weighted by Gasteiger charge is 2.37. The van der Waals surface area contributed by atoms with Gasteiger partial charge in [0.2, 0.25) is 5.91 Å². The molecule has 0 bridgehead atoms. The molecule has 1 aromatic heterocycles. The molecule has 10 heteroatoms. The van der Waals surface area contributed by atoms with Crippen LogP contribution in [-0.2, 0) is 4.79 Å². The van der Waals surface area contributed by atoms with Crippen molar-refractivity contribution in [3.63, 3.8) is 0 Å². The summed E-state index contributed by atoms with van der Waals surface area (Å²) in [5.74, 6) is 0.934. The topological polar surface area (TPSA) is 88.6 Å². The minimum absolute atomic E-state index is 0.0153. The normalized spacial score (nSPS) is 20.6. The first kappa shape index (κ1) is 25.5. The van der Waals surface area contributed by atoms with Crippen LogP contribution in [-0.4, -0.2) is 59.7 Å². The summed E-state index contributed by atoms with van der Waals surface area (Å²) >= 11 is 5.94. The van der Waals surface area contributed by atoms with Crippen molar-refractivity contribution in [3.8, 4) is 11.5 Å². The summed E-state index contributed by atoms with van der Waals surface area (Å²) < 4.78 is 26.5. The molecule has 8 nitrogen and oxygen atoms in total. The predicted octanol–water partition coefficient (Wildman–Crippen LogP) is 5.07. The fourth-order valence-electron chi connectivity index (χ4n) is 5.21. The Balaban J connectivity index is 1.35. The molecule has 2 fully saturated rings. The number of nitrogens with zero attached hydrogens (tertiary/aromatic N) is 3. The van der Waals surface area contributed by atoms with Gasteiger partial charge in [0, 0.05) is 30.5 Å². The van der Waals surface area contributed by atoms with Crippen LogP contribution in [0.5, 0.6) is 11.5 Å². The third kappa shape index (κ3) is 5.57. The van der Waals surface area contributed by atoms with E-state index in [4.69, 9.17) is 21.1 Å². The van der Waals surface area contributed by atoms with Gasteiger partial charge in [0.1, 0.15) is 18.2 Å². The second-order valence-corrected chi connectivity index (χ2v) is 10.2. The maximum atomic E-state index is 14.5. The van der Waals surface area contributed by atoms with Crippen molar-refractivity contribution in [1.82, 2.24) is 20.2 Å². The second-order valence-electron chi connectivity index (χ2n) is 9.74. The van der Waals surface area contributed by atoms with Crippen LogP contribution < -0.4 is 20.1 Å². The Bertz CT molecular complexity index is 1290. The lowest BCUT2D eigenvalue weighted by molar-refractivity contribution is -0.126. The van der Waals surface area contributed by atoms with Gasteiger partial charge in [0.05, 0.1) is 29.4 Å². The first-order chi connectivity index (χ1) is 17.9. The van der Waals surface area contributed by atoms with Gasteiger partial charge in [0.25, 0.3) is 0 Å². The number of hydrogen-bond donors (Lipinski definition) is 2. The highest BCUT2D eigenvalue weighted by atomic mass is 35.5. The number of amides is 1. The Labute approximate surface area is 220 Å². The summed E-state index contributed by atoms with van der Waals surface area (Å²) in [5, 5.41) is 6.90. The Morgan fingerprint density at radius 2 is 1.97 bits per heavy atom. The number of nitrogens with one attached hydrogen (secondary N) is 2. The summed E-state index contributed by atoms with van der Waals surface area (Å²) in [6.07, 6.45) is 7.45. The van der Waals surface area contributed by atoms with Gasteiger partial charge in [-0.2, -0.15) is 0 Å². The number of carbonyl (C=O) groups is 1. The maximum absolute atomic E-state index is 14.5. The number of fused-ring (bicyclic) bond motifs is 1. The third-order valence-corrected chi connectivity index (χ3v) is 7.47. The van der Waals surface area contributed by atoms with E-state index < -0.39 is 5.82 Å². The van der Waals surface area contributed by atoms with Gasteiger partial charge in [-0.15, -0.1) is 0 Å². The standard InChI is InChI=1S/C27H31ClFN5O3/c1-34-14-17(11-22(34)27(35)32-16-7-4-3-5-8-16)37-24-12-18-21(13-23(24)36-2)30-15-31-26(18)33-20-10-6-9-19(28)25(20)29/h6,9-10,12-13,15-17,22H,3-5,7-8,11,14H2,1-2H3,(H,32,35)(H,30,31,33)/t17-,22+/m0/s1. The predicted molar refractivity (Wildman–Crippen MR) is 141 cm³/mol. The monoisotopic (exact) mass is 527 g/mol. The van der Waals surface area contributed by atoms with Crippen LogP contribution in [0.3, 0.4) is 0 Å². The number of likely N-dealkylation sites (N-methyl/N-ethyl adjacent to an activating group) is 1. The van der Waals surface area contributed by atoms with Crippen molar-refractivity contribution in [2.45, 2.75) is 56.7 Å². The molecule has 2 atom stereocenters. The van der Waals surface area contributed by atoms with E-state index in [1.54, 1.807) is 31.4 Å². The van der Waals surface area contributed by atoms with Gasteiger partial charge in [0.15, 0.2) is 17.3 Å². The fourth-order valence-corrected chi connectivity index (χ4v) is 5.39. The molecule has 1 saturated heterocycles. The largest absolute Gasteiger partial charge is 0.493 e. The molecule has 0 spiro atoms. The van der Waals surface area contributed by atoms with Gasteiger partial charge in [-0.1, -0.05) is 36.9 Å². The van der Waals surface area contributed by atoms with Gasteiger partial charge in [-0.05, 0) is 38.1 Å². The number of methoxy groups -OCH3 is 1. The first-order valence-corrected chi connectivity index (χ1v) is 13.0. The first-order valence-electron chi connectivity index (χ1n) is 12.6. The molecular weight excluding hydrogens is 497 g/mol. The lowest BCUT2D eigenvalue weighted by Crippen LogP contribution is -2.46. The lowest BCUT2D eigenvalue weighted by Gasteiger charge is -2.26. The van der Waals surface area contributed by atoms with Crippen molar-refractivity contribution in [2.24, 2.45) is 0 Å². The summed E-state index contributed by atoms with van der Waals surface area (Å²) in [5.41, 5.74) is 0.812. The van der Waals surface area contributed by atoms with E-state index in [1.807, 2.05) is 11.9 Å². The Morgan fingerprint density at radius 1 is 1.16 bits per heavy atom. The molecule has 2 N–H and O–H groups in total. The number of hydrogen-bond acceptors (Lipinski definition) is 7. The van der Waals surface area contributed by atoms with Gasteiger partial charge >= 0.3 is 0 Å². The van der Waals surface area contributed by atoms with Gasteiger partial charge in [-0.25, -0.2) is 14.4 Å². The SMILES string of the molecule is COc1cc2ncnc(Nc3cccc(Cl)c3F)c2cc1O[C@H]1C[C@H](C(=O)NC2CCCCC2)N(C)C1. The van der Waals surface area contributed by atoms with Gasteiger partial charge in [-0.3, -0.25) is 9.69 Å². The Kier molecular flexibility index (Phi) is 7.62. The molecular formula is C27H31ClFN5O3. The Morgan fingerprint density at radius 3 is 2.76 bits per heavy atom. The van der Waals surface area contributed by atoms with E-state index in [9.17, 15) is 9.18 Å². The summed E-state index contributed by atoms with van der Waals surface area (Å²) in [6.45, 7) is 0.605. The molecule has 2 aromatic carbocycles. The van der Waals surface area contributed by atoms with E-state index in [2.05, 4.69) is 20.6 Å². The number of likely N-dealkylation sites (tertiary alicyclic amines) is 1. The summed E-state index contributed by atoms with van der Waals surface area (Å²) in [7, 11) is 3.51. The summed E-state index contributed by atoms with van der Waals surface area (Å²) in [6, 6.07) is 8.30. The maximum Gasteiger partial charge on any atom is 0.237 e. The number of ether oxygens (including phenoxy) is 2. The average Bonchev–Trinajstić information content (AvgIpc) is 3.27. The van der Waals surface area contributed by atoms with Crippen LogP contribution in [0.2, 0.25) is 5.02 Å². The van der Waals surface area contributed by atoms with Crippen LogP contribution in [0, 0.1) is 5.82 Å². The van der Waals surface area contributed by atoms with Crippen LogP contribution in [0.1, 0.15) is 38.5 Å². The van der Waals surface area contributed by atoms with E-state index in [0.29, 0.717) is 41.2 Å². The minimum Gasteiger partial charge on any atom is -0.493 e. The van der Waals surface area contributed by atoms with Crippen LogP contribution >= 0.6 is 11.6 Å². The molecule has 5 rings (SSSR count). The highest BCUT2D eigenvalue weighted by molar-refractivity contribution is 6.31. The minimum atomic E-state index is -0.563. The molecule has 1 saturated carbocycles. The van der Waals surface area contributed by atoms with Crippen molar-refractivity contribution < 1.29 is 18.7 Å². The molecule has 37 heavy (non-hydrogen) atoms. The smallest absolute Gasteiger partial charge is 0.237 e. The van der Waals surface area contributed by atoms with Crippen molar-refractivity contribution in [1.29, 1.82) is 0 Å². The molecule has 2 heterocycles. The molecule has 3 aromatic rings. The number of carbonyl (C=O) groups excluding carboxylic acids is 1. The molecule has 196 valence electrons. The molecule has 2 aliphatic rings. The zero-order chi connectivity index (χ0) is 25.9. The van der Waals surface area contributed by atoms with E-state index in [1.165, 1.54) is 31.7 Å². The second kappa shape index (κ2) is 11.1. The van der Waals surface area contributed by atoms with E-state index >= 15 is 0 Å². The number of benzene rings is 2. The Hall–Kier alpha value is -3.17. The van der Waals surface area contributed by atoms with Crippen molar-refractivity contribution in [3.05, 3.63) is 47.5 Å².